The van der Waals surface area contributed by atoms with Crippen LogP contribution in [0.1, 0.15) is 127 Å². The van der Waals surface area contributed by atoms with Gasteiger partial charge >= 0.3 is 11.9 Å². The summed E-state index contributed by atoms with van der Waals surface area (Å²) in [5.74, 6) is -1.75. The highest BCUT2D eigenvalue weighted by atomic mass is 16.4. The van der Waals surface area contributed by atoms with Crippen LogP contribution in [0.2, 0.25) is 0 Å². The summed E-state index contributed by atoms with van der Waals surface area (Å²) in [4.78, 5) is 22.8. The molecule has 6 nitrogen and oxygen atoms in total. The molecule has 0 aliphatic heterocycles. The number of hydrogen-bond acceptors (Lipinski definition) is 4. The van der Waals surface area contributed by atoms with Crippen molar-refractivity contribution in [1.82, 2.24) is 0 Å². The van der Waals surface area contributed by atoms with Crippen LogP contribution in [0.15, 0.2) is 24.3 Å². The third-order valence-electron chi connectivity index (χ3n) is 8.76. The van der Waals surface area contributed by atoms with Crippen molar-refractivity contribution in [2.75, 3.05) is 0 Å². The van der Waals surface area contributed by atoms with Gasteiger partial charge in [0.15, 0.2) is 0 Å². The van der Waals surface area contributed by atoms with Crippen molar-refractivity contribution in [3.8, 4) is 11.5 Å². The van der Waals surface area contributed by atoms with Crippen molar-refractivity contribution >= 4 is 11.9 Å². The van der Waals surface area contributed by atoms with Crippen LogP contribution >= 0.6 is 0 Å². The summed E-state index contributed by atoms with van der Waals surface area (Å²) < 4.78 is 0. The number of benzene rings is 2. The van der Waals surface area contributed by atoms with E-state index in [0.29, 0.717) is 24.0 Å². The van der Waals surface area contributed by atoms with Gasteiger partial charge in [-0.1, -0.05) is 86.1 Å². The Morgan fingerprint density at radius 2 is 1.08 bits per heavy atom. The van der Waals surface area contributed by atoms with Gasteiger partial charge in [-0.25, -0.2) is 0 Å². The maximum absolute atomic E-state index is 11.8. The van der Waals surface area contributed by atoms with Gasteiger partial charge in [0.05, 0.1) is 0 Å². The molecule has 0 aromatic heterocycles. The minimum atomic E-state index is -0.880. The zero-order valence-corrected chi connectivity index (χ0v) is 25.0. The first-order chi connectivity index (χ1) is 18.1. The molecular formula is C33H48O6. The van der Waals surface area contributed by atoms with Crippen LogP contribution in [0.5, 0.6) is 11.5 Å². The highest BCUT2D eigenvalue weighted by Crippen LogP contribution is 2.49. The number of rotatable bonds is 14. The maximum atomic E-state index is 11.8. The summed E-state index contributed by atoms with van der Waals surface area (Å²) in [6.07, 6.45) is 2.97. The van der Waals surface area contributed by atoms with Gasteiger partial charge in [-0.3, -0.25) is 9.59 Å². The van der Waals surface area contributed by atoms with Gasteiger partial charge in [-0.2, -0.15) is 0 Å². The second kappa shape index (κ2) is 12.9. The van der Waals surface area contributed by atoms with Crippen molar-refractivity contribution < 1.29 is 30.0 Å². The molecule has 0 spiro atoms. The van der Waals surface area contributed by atoms with Crippen LogP contribution in [0.3, 0.4) is 0 Å². The minimum Gasteiger partial charge on any atom is -0.507 e. The van der Waals surface area contributed by atoms with Gasteiger partial charge in [0.25, 0.3) is 0 Å². The number of aryl methyl sites for hydroxylation is 2. The molecule has 2 aromatic rings. The summed E-state index contributed by atoms with van der Waals surface area (Å²) in [6.45, 7) is 16.6. The van der Waals surface area contributed by atoms with Crippen molar-refractivity contribution in [3.05, 3.63) is 57.6 Å². The molecule has 0 heterocycles. The topological polar surface area (TPSA) is 115 Å². The fourth-order valence-corrected chi connectivity index (χ4v) is 5.13. The van der Waals surface area contributed by atoms with E-state index in [9.17, 15) is 30.0 Å². The van der Waals surface area contributed by atoms with E-state index in [2.05, 4.69) is 55.4 Å². The Morgan fingerprint density at radius 3 is 1.36 bits per heavy atom. The molecule has 2 aromatic carbocycles. The van der Waals surface area contributed by atoms with Crippen LogP contribution in [-0.2, 0) is 33.3 Å². The lowest BCUT2D eigenvalue weighted by Gasteiger charge is -2.33. The van der Waals surface area contributed by atoms with Gasteiger partial charge in [0.2, 0.25) is 0 Å². The van der Waals surface area contributed by atoms with Crippen LogP contribution in [-0.4, -0.2) is 32.4 Å². The standard InChI is InChI=1S/C33H48O6/c1-9-20(4)29(23-16-21(12-14-27(34)35)18-25(30(23)38)32(5,6)10-2)24-17-22(13-15-28(36)37)19-26(31(24)39)33(7,8)11-3/h16-20,29,38-39H,9-15H2,1-8H3,(H,34,35)(H,36,37). The molecule has 1 atom stereocenters. The largest absolute Gasteiger partial charge is 0.507 e. The SMILES string of the molecule is CCC(C)C(c1cc(CCC(=O)O)cc(C(C)(C)CC)c1O)c1cc(CCC(=O)O)cc(C(C)(C)CC)c1O. The number of phenolic OH excluding ortho intramolecular Hbond substituents is 2. The number of carbonyl (C=O) groups is 2. The number of aliphatic carboxylic acids is 2. The van der Waals surface area contributed by atoms with E-state index in [1.54, 1.807) is 0 Å². The molecule has 0 saturated heterocycles. The molecule has 0 bridgehead atoms. The number of aromatic hydroxyl groups is 2. The zero-order chi connectivity index (χ0) is 29.7. The highest BCUT2D eigenvalue weighted by molar-refractivity contribution is 5.68. The summed E-state index contributed by atoms with van der Waals surface area (Å²) in [6, 6.07) is 7.65. The summed E-state index contributed by atoms with van der Waals surface area (Å²) in [5, 5.41) is 42.2. The number of carboxylic acid groups (broad SMARTS) is 2. The molecule has 0 saturated carbocycles. The van der Waals surface area contributed by atoms with E-state index in [-0.39, 0.29) is 47.0 Å². The van der Waals surface area contributed by atoms with E-state index in [1.165, 1.54) is 0 Å². The molecule has 0 aliphatic rings. The van der Waals surface area contributed by atoms with Crippen molar-refractivity contribution in [3.63, 3.8) is 0 Å². The van der Waals surface area contributed by atoms with E-state index in [1.807, 2.05) is 24.3 Å². The van der Waals surface area contributed by atoms with Gasteiger partial charge in [0.1, 0.15) is 11.5 Å². The first kappa shape index (κ1) is 32.2. The molecule has 4 N–H and O–H groups in total. The van der Waals surface area contributed by atoms with Crippen LogP contribution in [0.25, 0.3) is 0 Å². The summed E-state index contributed by atoms with van der Waals surface area (Å²) >= 11 is 0. The fourth-order valence-electron chi connectivity index (χ4n) is 5.13. The van der Waals surface area contributed by atoms with E-state index >= 15 is 0 Å². The Bertz CT molecular complexity index is 1090. The first-order valence-corrected chi connectivity index (χ1v) is 14.3. The molecule has 0 radical (unpaired) electrons. The van der Waals surface area contributed by atoms with Gasteiger partial charge in [-0.15, -0.1) is 0 Å². The summed E-state index contributed by atoms with van der Waals surface area (Å²) in [5.41, 5.74) is 3.87. The predicted octanol–water partition coefficient (Wildman–Crippen LogP) is 7.69. The van der Waals surface area contributed by atoms with Crippen molar-refractivity contribution in [2.45, 2.75) is 117 Å². The van der Waals surface area contributed by atoms with E-state index < -0.39 is 11.9 Å². The Hall–Kier alpha value is -3.02. The van der Waals surface area contributed by atoms with Crippen molar-refractivity contribution in [1.29, 1.82) is 0 Å². The molecular weight excluding hydrogens is 492 g/mol. The molecule has 2 rings (SSSR count). The van der Waals surface area contributed by atoms with Crippen LogP contribution < -0.4 is 0 Å². The fraction of sp³-hybridized carbons (Fsp3) is 0.576. The maximum Gasteiger partial charge on any atom is 0.303 e. The number of phenols is 2. The van der Waals surface area contributed by atoms with Crippen LogP contribution in [0.4, 0.5) is 0 Å². The highest BCUT2D eigenvalue weighted by Gasteiger charge is 2.33. The first-order valence-electron chi connectivity index (χ1n) is 14.3. The zero-order valence-electron chi connectivity index (χ0n) is 25.0. The second-order valence-electron chi connectivity index (χ2n) is 12.3. The lowest BCUT2D eigenvalue weighted by Crippen LogP contribution is -2.21. The van der Waals surface area contributed by atoms with E-state index in [0.717, 1.165) is 41.5 Å². The lowest BCUT2D eigenvalue weighted by atomic mass is 9.72. The smallest absolute Gasteiger partial charge is 0.303 e. The Labute approximate surface area is 234 Å². The average molecular weight is 541 g/mol. The monoisotopic (exact) mass is 540 g/mol. The Morgan fingerprint density at radius 1 is 0.718 bits per heavy atom. The summed E-state index contributed by atoms with van der Waals surface area (Å²) in [7, 11) is 0. The van der Waals surface area contributed by atoms with Crippen molar-refractivity contribution in [2.24, 2.45) is 5.92 Å². The molecule has 0 fully saturated rings. The quantitative estimate of drug-likeness (QED) is 0.195. The van der Waals surface area contributed by atoms with Gasteiger partial charge in [-0.05, 0) is 53.6 Å². The average Bonchev–Trinajstić information content (AvgIpc) is 2.88. The second-order valence-corrected chi connectivity index (χ2v) is 12.3. The lowest BCUT2D eigenvalue weighted by molar-refractivity contribution is -0.138. The molecule has 1 unspecified atom stereocenters. The molecule has 0 aliphatic carbocycles. The molecule has 39 heavy (non-hydrogen) atoms. The minimum absolute atomic E-state index is 0.0189. The predicted molar refractivity (Wildman–Crippen MR) is 156 cm³/mol. The Kier molecular flexibility index (Phi) is 10.6. The number of carboxylic acids is 2. The normalized spacial score (nSPS) is 13.1. The molecule has 6 heteroatoms. The third kappa shape index (κ3) is 7.55. The van der Waals surface area contributed by atoms with Gasteiger partial charge < -0.3 is 20.4 Å². The number of hydrogen-bond donors (Lipinski definition) is 4. The third-order valence-corrected chi connectivity index (χ3v) is 8.76. The molecule has 0 amide bonds. The molecule has 216 valence electrons. The van der Waals surface area contributed by atoms with E-state index in [4.69, 9.17) is 0 Å². The van der Waals surface area contributed by atoms with Gasteiger partial charge in [0, 0.05) is 41.0 Å². The van der Waals surface area contributed by atoms with Crippen LogP contribution in [0, 0.1) is 5.92 Å². The Balaban J connectivity index is 2.95.